The lowest BCUT2D eigenvalue weighted by Gasteiger charge is -2.26. The van der Waals surface area contributed by atoms with Crippen LogP contribution in [0.5, 0.6) is 0 Å². The van der Waals surface area contributed by atoms with Crippen LogP contribution in [-0.4, -0.2) is 40.9 Å². The number of nitrogen functional groups attached to an aromatic ring is 1. The van der Waals surface area contributed by atoms with Crippen molar-refractivity contribution < 1.29 is 31.8 Å². The number of nitrogens with two attached hydrogens (primary N) is 1. The van der Waals surface area contributed by atoms with Crippen LogP contribution < -0.4 is 5.73 Å². The van der Waals surface area contributed by atoms with Crippen molar-refractivity contribution in [3.8, 4) is 23.1 Å². The van der Waals surface area contributed by atoms with Crippen molar-refractivity contribution in [2.75, 3.05) is 5.73 Å². The molecule has 4 N–H and O–H groups in total. The summed E-state index contributed by atoms with van der Waals surface area (Å²) < 4.78 is 65.5. The molecule has 0 saturated heterocycles. The van der Waals surface area contributed by atoms with E-state index in [1.807, 2.05) is 0 Å². The molecule has 0 aliphatic rings. The molecule has 1 aromatic carbocycles. The summed E-state index contributed by atoms with van der Waals surface area (Å²) in [6, 6.07) is 9.20. The minimum Gasteiger partial charge on any atom is -0.384 e. The van der Waals surface area contributed by atoms with Crippen LogP contribution in [0.3, 0.4) is 0 Å². The number of alkyl halides is 3. The number of pyridine rings is 2. The Morgan fingerprint density at radius 3 is 2.18 bits per heavy atom. The number of nitrogens with zero attached hydrogens (tertiary/aromatic N) is 2. The molecule has 2 heterocycles. The second kappa shape index (κ2) is 9.06. The van der Waals surface area contributed by atoms with Gasteiger partial charge in [0.05, 0.1) is 21.0 Å². The largest absolute Gasteiger partial charge is 0.421 e. The lowest BCUT2D eigenvalue weighted by atomic mass is 9.94. The standard InChI is InChI=1S/C23H20F3N3O4S/c1-14(30)3-4-16-11-17(22(2,31)23(24,25)26)12-29-21(16)15-5-7-18(8-6-15)34(32,33)19-9-10-20(27)28-13-19/h5-14,30-31H,1-2H3,(H2,27,28)/t14-,22-/m1/s1. The minimum absolute atomic E-state index is 0.0151. The summed E-state index contributed by atoms with van der Waals surface area (Å²) in [5.41, 5.74) is 2.31. The molecule has 34 heavy (non-hydrogen) atoms. The molecule has 3 aromatic rings. The fraction of sp³-hybridized carbons (Fsp3) is 0.217. The van der Waals surface area contributed by atoms with E-state index >= 15 is 0 Å². The maximum Gasteiger partial charge on any atom is 0.421 e. The average Bonchev–Trinajstić information content (AvgIpc) is 2.77. The third-order valence-corrected chi connectivity index (χ3v) is 6.68. The van der Waals surface area contributed by atoms with Crippen LogP contribution in [-0.2, 0) is 15.4 Å². The molecule has 3 rings (SSSR count). The fourth-order valence-corrected chi connectivity index (χ4v) is 4.09. The Hall–Kier alpha value is -3.46. The molecule has 0 amide bonds. The molecule has 0 aliphatic carbocycles. The van der Waals surface area contributed by atoms with Crippen molar-refractivity contribution >= 4 is 15.7 Å². The van der Waals surface area contributed by atoms with Gasteiger partial charge in [0.2, 0.25) is 9.84 Å². The van der Waals surface area contributed by atoms with Crippen molar-refractivity contribution in [3.63, 3.8) is 0 Å². The summed E-state index contributed by atoms with van der Waals surface area (Å²) >= 11 is 0. The number of aliphatic hydroxyl groups excluding tert-OH is 1. The summed E-state index contributed by atoms with van der Waals surface area (Å²) in [5, 5.41) is 19.5. The molecule has 178 valence electrons. The Kier molecular flexibility index (Phi) is 6.71. The number of sulfone groups is 1. The second-order valence-corrected chi connectivity index (χ2v) is 9.53. The number of aromatic nitrogens is 2. The molecule has 0 spiro atoms. The van der Waals surface area contributed by atoms with E-state index in [9.17, 15) is 31.8 Å². The lowest BCUT2D eigenvalue weighted by Crippen LogP contribution is -2.39. The highest BCUT2D eigenvalue weighted by Gasteiger charge is 2.51. The van der Waals surface area contributed by atoms with Gasteiger partial charge in [-0.1, -0.05) is 24.0 Å². The minimum atomic E-state index is -4.96. The Morgan fingerprint density at radius 1 is 1.03 bits per heavy atom. The van der Waals surface area contributed by atoms with Crippen LogP contribution in [0.4, 0.5) is 19.0 Å². The van der Waals surface area contributed by atoms with Crippen LogP contribution in [0.25, 0.3) is 11.3 Å². The summed E-state index contributed by atoms with van der Waals surface area (Å²) in [6.45, 7) is 1.98. The van der Waals surface area contributed by atoms with Crippen molar-refractivity contribution in [2.24, 2.45) is 0 Å². The SMILES string of the molecule is C[C@@H](O)C#Cc1cc([C@@](C)(O)C(F)(F)F)cnc1-c1ccc(S(=O)(=O)c2ccc(N)nc2)cc1. The monoisotopic (exact) mass is 491 g/mol. The maximum atomic E-state index is 13.3. The van der Waals surface area contributed by atoms with Gasteiger partial charge in [0.1, 0.15) is 11.9 Å². The van der Waals surface area contributed by atoms with E-state index < -0.39 is 33.3 Å². The summed E-state index contributed by atoms with van der Waals surface area (Å²) in [4.78, 5) is 7.72. The number of aliphatic hydroxyl groups is 2. The molecule has 7 nitrogen and oxygen atoms in total. The van der Waals surface area contributed by atoms with Crippen LogP contribution in [0.2, 0.25) is 0 Å². The van der Waals surface area contributed by atoms with E-state index in [4.69, 9.17) is 5.73 Å². The zero-order valence-corrected chi connectivity index (χ0v) is 18.8. The van der Waals surface area contributed by atoms with Gasteiger partial charge >= 0.3 is 6.18 Å². The Morgan fingerprint density at radius 2 is 1.65 bits per heavy atom. The first-order chi connectivity index (χ1) is 15.7. The van der Waals surface area contributed by atoms with Gasteiger partial charge in [-0.05, 0) is 44.2 Å². The molecule has 0 bridgehead atoms. The van der Waals surface area contributed by atoms with E-state index in [0.29, 0.717) is 12.5 Å². The summed E-state index contributed by atoms with van der Waals surface area (Å²) in [6.07, 6.45) is -4.02. The first-order valence-electron chi connectivity index (χ1n) is 9.80. The fourth-order valence-electron chi connectivity index (χ4n) is 2.88. The molecule has 2 aromatic heterocycles. The van der Waals surface area contributed by atoms with Gasteiger partial charge in [0.15, 0.2) is 5.60 Å². The van der Waals surface area contributed by atoms with Gasteiger partial charge in [-0.3, -0.25) is 4.98 Å². The van der Waals surface area contributed by atoms with Gasteiger partial charge in [0.25, 0.3) is 0 Å². The highest BCUT2D eigenvalue weighted by atomic mass is 32.2. The Bertz CT molecular complexity index is 1360. The highest BCUT2D eigenvalue weighted by Crippen LogP contribution is 2.39. The number of halogens is 3. The van der Waals surface area contributed by atoms with E-state index in [1.54, 1.807) is 0 Å². The van der Waals surface area contributed by atoms with Crippen molar-refractivity contribution in [2.45, 2.75) is 41.5 Å². The number of hydrogen-bond acceptors (Lipinski definition) is 7. The molecule has 11 heteroatoms. The summed E-state index contributed by atoms with van der Waals surface area (Å²) in [5.74, 6) is 5.18. The Labute approximate surface area is 194 Å². The van der Waals surface area contributed by atoms with Crippen LogP contribution >= 0.6 is 0 Å². The van der Waals surface area contributed by atoms with Gasteiger partial charge in [-0.25, -0.2) is 13.4 Å². The summed E-state index contributed by atoms with van der Waals surface area (Å²) in [7, 11) is -3.89. The van der Waals surface area contributed by atoms with Crippen molar-refractivity contribution in [1.29, 1.82) is 0 Å². The maximum absolute atomic E-state index is 13.3. The number of benzene rings is 1. The topological polar surface area (TPSA) is 126 Å². The number of anilines is 1. The zero-order valence-electron chi connectivity index (χ0n) is 18.0. The van der Waals surface area contributed by atoms with Gasteiger partial charge in [-0.2, -0.15) is 13.2 Å². The van der Waals surface area contributed by atoms with Crippen molar-refractivity contribution in [3.05, 3.63) is 66.0 Å². The highest BCUT2D eigenvalue weighted by molar-refractivity contribution is 7.91. The van der Waals surface area contributed by atoms with E-state index in [1.165, 1.54) is 43.3 Å². The molecule has 0 fully saturated rings. The molecule has 0 aliphatic heterocycles. The molecule has 2 atom stereocenters. The molecule has 0 saturated carbocycles. The molecule has 0 radical (unpaired) electrons. The lowest BCUT2D eigenvalue weighted by molar-refractivity contribution is -0.259. The first kappa shape index (κ1) is 25.2. The van der Waals surface area contributed by atoms with E-state index in [0.717, 1.165) is 18.5 Å². The number of rotatable bonds is 4. The van der Waals surface area contributed by atoms with Crippen LogP contribution in [0.15, 0.2) is 64.6 Å². The molecule has 0 unspecified atom stereocenters. The van der Waals surface area contributed by atoms with Gasteiger partial charge in [-0.15, -0.1) is 0 Å². The number of hydrogen-bond donors (Lipinski definition) is 3. The molecular formula is C23H20F3N3O4S. The van der Waals surface area contributed by atoms with Crippen molar-refractivity contribution in [1.82, 2.24) is 9.97 Å². The van der Waals surface area contributed by atoms with Crippen LogP contribution in [0.1, 0.15) is 25.0 Å². The van der Waals surface area contributed by atoms with E-state index in [-0.39, 0.29) is 26.9 Å². The van der Waals surface area contributed by atoms with Crippen LogP contribution in [0, 0.1) is 11.8 Å². The smallest absolute Gasteiger partial charge is 0.384 e. The third-order valence-electron chi connectivity index (χ3n) is 4.93. The average molecular weight is 491 g/mol. The normalized spacial score (nSPS) is 14.6. The zero-order chi connectivity index (χ0) is 25.3. The van der Waals surface area contributed by atoms with Gasteiger partial charge in [0, 0.05) is 23.5 Å². The predicted octanol–water partition coefficient (Wildman–Crippen LogP) is 3.06. The van der Waals surface area contributed by atoms with E-state index in [2.05, 4.69) is 21.8 Å². The molecular weight excluding hydrogens is 471 g/mol. The second-order valence-electron chi connectivity index (χ2n) is 7.58. The quantitative estimate of drug-likeness (QED) is 0.479. The first-order valence-corrected chi connectivity index (χ1v) is 11.3. The third kappa shape index (κ3) is 5.04. The Balaban J connectivity index is 2.07. The van der Waals surface area contributed by atoms with Gasteiger partial charge < -0.3 is 15.9 Å². The predicted molar refractivity (Wildman–Crippen MR) is 118 cm³/mol.